The average molecular weight is 326 g/mol. The molecule has 0 aliphatic heterocycles. The van der Waals surface area contributed by atoms with Crippen LogP contribution < -0.4 is 5.32 Å². The Kier molecular flexibility index (Phi) is 4.71. The van der Waals surface area contributed by atoms with E-state index >= 15 is 0 Å². The van der Waals surface area contributed by atoms with E-state index in [2.05, 4.69) is 26.3 Å². The predicted octanol–water partition coefficient (Wildman–Crippen LogP) is 3.22. The van der Waals surface area contributed by atoms with Gasteiger partial charge in [-0.3, -0.25) is 4.68 Å². The third-order valence-electron chi connectivity index (χ3n) is 3.31. The van der Waals surface area contributed by atoms with Crippen molar-refractivity contribution in [1.29, 1.82) is 0 Å². The van der Waals surface area contributed by atoms with E-state index in [0.29, 0.717) is 4.47 Å². The van der Waals surface area contributed by atoms with Gasteiger partial charge in [-0.15, -0.1) is 0 Å². The smallest absolute Gasteiger partial charge is 0.137 e. The van der Waals surface area contributed by atoms with Gasteiger partial charge in [0.15, 0.2) is 0 Å². The fourth-order valence-corrected chi connectivity index (χ4v) is 2.39. The molecule has 0 bridgehead atoms. The van der Waals surface area contributed by atoms with Crippen molar-refractivity contribution >= 4 is 15.9 Å². The van der Waals surface area contributed by atoms with Crippen LogP contribution in [0.5, 0.6) is 0 Å². The SMILES string of the molecule is CNC(CCc1ccnn1C)c1ccc(Br)c(F)c1. The van der Waals surface area contributed by atoms with Crippen LogP contribution in [0.4, 0.5) is 4.39 Å². The predicted molar refractivity (Wildman–Crippen MR) is 77.4 cm³/mol. The van der Waals surface area contributed by atoms with Crippen molar-refractivity contribution in [2.24, 2.45) is 7.05 Å². The Hall–Kier alpha value is -1.20. The second-order valence-corrected chi connectivity index (χ2v) is 5.35. The third-order valence-corrected chi connectivity index (χ3v) is 3.95. The number of aryl methyl sites for hydroxylation is 2. The van der Waals surface area contributed by atoms with Crippen LogP contribution in [0, 0.1) is 5.82 Å². The molecular weight excluding hydrogens is 309 g/mol. The first kappa shape index (κ1) is 14.2. The molecule has 0 saturated carbocycles. The Bertz CT molecular complexity index is 553. The van der Waals surface area contributed by atoms with Crippen molar-refractivity contribution in [1.82, 2.24) is 15.1 Å². The van der Waals surface area contributed by atoms with Gasteiger partial charge in [0.25, 0.3) is 0 Å². The number of hydrogen-bond acceptors (Lipinski definition) is 2. The van der Waals surface area contributed by atoms with E-state index in [0.717, 1.165) is 18.4 Å². The minimum Gasteiger partial charge on any atom is -0.313 e. The molecule has 0 aliphatic rings. The molecule has 0 aliphatic carbocycles. The van der Waals surface area contributed by atoms with E-state index in [9.17, 15) is 4.39 Å². The molecule has 2 aromatic rings. The van der Waals surface area contributed by atoms with Gasteiger partial charge in [0.2, 0.25) is 0 Å². The number of nitrogens with one attached hydrogen (secondary N) is 1. The van der Waals surface area contributed by atoms with Crippen molar-refractivity contribution in [2.45, 2.75) is 18.9 Å². The van der Waals surface area contributed by atoms with Crippen LogP contribution in [0.15, 0.2) is 34.9 Å². The topological polar surface area (TPSA) is 29.9 Å². The molecular formula is C14H17BrFN3. The number of nitrogens with zero attached hydrogens (tertiary/aromatic N) is 2. The van der Waals surface area contributed by atoms with Crippen LogP contribution in [0.2, 0.25) is 0 Å². The van der Waals surface area contributed by atoms with Gasteiger partial charge in [-0.2, -0.15) is 5.10 Å². The standard InChI is InChI=1S/C14H17BrFN3/c1-17-14(6-4-11-7-8-18-19(11)2)10-3-5-12(15)13(16)9-10/h3,5,7-9,14,17H,4,6H2,1-2H3. The lowest BCUT2D eigenvalue weighted by Gasteiger charge is -2.17. The lowest BCUT2D eigenvalue weighted by atomic mass is 10.0. The van der Waals surface area contributed by atoms with E-state index in [1.165, 1.54) is 5.69 Å². The Morgan fingerprint density at radius 1 is 1.42 bits per heavy atom. The fraction of sp³-hybridized carbons (Fsp3) is 0.357. The van der Waals surface area contributed by atoms with E-state index in [4.69, 9.17) is 0 Å². The summed E-state index contributed by atoms with van der Waals surface area (Å²) in [6.07, 6.45) is 3.60. The Morgan fingerprint density at radius 2 is 2.21 bits per heavy atom. The van der Waals surface area contributed by atoms with Crippen molar-refractivity contribution in [3.05, 3.63) is 52.0 Å². The van der Waals surface area contributed by atoms with Gasteiger partial charge in [-0.05, 0) is 59.6 Å². The summed E-state index contributed by atoms with van der Waals surface area (Å²) in [4.78, 5) is 0. The van der Waals surface area contributed by atoms with Gasteiger partial charge in [0, 0.05) is 25.0 Å². The molecule has 0 amide bonds. The highest BCUT2D eigenvalue weighted by Crippen LogP contribution is 2.23. The zero-order valence-electron chi connectivity index (χ0n) is 11.0. The van der Waals surface area contributed by atoms with Gasteiger partial charge in [-0.1, -0.05) is 6.07 Å². The number of hydrogen-bond donors (Lipinski definition) is 1. The van der Waals surface area contributed by atoms with Crippen LogP contribution >= 0.6 is 15.9 Å². The van der Waals surface area contributed by atoms with Crippen LogP contribution in [0.25, 0.3) is 0 Å². The molecule has 2 rings (SSSR count). The monoisotopic (exact) mass is 325 g/mol. The summed E-state index contributed by atoms with van der Waals surface area (Å²) in [5.74, 6) is -0.224. The largest absolute Gasteiger partial charge is 0.313 e. The molecule has 1 unspecified atom stereocenters. The highest BCUT2D eigenvalue weighted by Gasteiger charge is 2.12. The normalized spacial score (nSPS) is 12.6. The van der Waals surface area contributed by atoms with E-state index in [1.807, 2.05) is 30.9 Å². The average Bonchev–Trinajstić information content (AvgIpc) is 2.80. The molecule has 0 radical (unpaired) electrons. The second-order valence-electron chi connectivity index (χ2n) is 4.50. The summed E-state index contributed by atoms with van der Waals surface area (Å²) in [5.41, 5.74) is 2.14. The molecule has 5 heteroatoms. The third kappa shape index (κ3) is 3.42. The van der Waals surface area contributed by atoms with E-state index in [1.54, 1.807) is 18.3 Å². The second kappa shape index (κ2) is 6.30. The molecule has 1 aromatic carbocycles. The van der Waals surface area contributed by atoms with Crippen molar-refractivity contribution in [3.8, 4) is 0 Å². The summed E-state index contributed by atoms with van der Waals surface area (Å²) >= 11 is 3.17. The molecule has 1 heterocycles. The summed E-state index contributed by atoms with van der Waals surface area (Å²) in [5, 5.41) is 7.38. The lowest BCUT2D eigenvalue weighted by molar-refractivity contribution is 0.529. The number of benzene rings is 1. The number of aromatic nitrogens is 2. The van der Waals surface area contributed by atoms with Gasteiger partial charge in [0.1, 0.15) is 5.82 Å². The first-order valence-corrected chi connectivity index (χ1v) is 7.00. The summed E-state index contributed by atoms with van der Waals surface area (Å²) in [6, 6.07) is 7.41. The minimum absolute atomic E-state index is 0.137. The first-order chi connectivity index (χ1) is 9.11. The number of halogens is 2. The maximum absolute atomic E-state index is 13.6. The van der Waals surface area contributed by atoms with Crippen LogP contribution in [-0.4, -0.2) is 16.8 Å². The highest BCUT2D eigenvalue weighted by molar-refractivity contribution is 9.10. The molecule has 102 valence electrons. The molecule has 0 spiro atoms. The molecule has 19 heavy (non-hydrogen) atoms. The molecule has 1 atom stereocenters. The quantitative estimate of drug-likeness (QED) is 0.914. The highest BCUT2D eigenvalue weighted by atomic mass is 79.9. The van der Waals surface area contributed by atoms with Crippen LogP contribution in [0.3, 0.4) is 0 Å². The van der Waals surface area contributed by atoms with Crippen molar-refractivity contribution < 1.29 is 4.39 Å². The molecule has 0 fully saturated rings. The number of rotatable bonds is 5. The molecule has 1 aromatic heterocycles. The Balaban J connectivity index is 2.07. The Labute approximate surface area is 121 Å². The van der Waals surface area contributed by atoms with E-state index < -0.39 is 0 Å². The van der Waals surface area contributed by atoms with Gasteiger partial charge < -0.3 is 5.32 Å². The zero-order chi connectivity index (χ0) is 13.8. The summed E-state index contributed by atoms with van der Waals surface area (Å²) in [7, 11) is 3.83. The Morgan fingerprint density at radius 3 is 2.79 bits per heavy atom. The van der Waals surface area contributed by atoms with E-state index in [-0.39, 0.29) is 11.9 Å². The van der Waals surface area contributed by atoms with Crippen molar-refractivity contribution in [3.63, 3.8) is 0 Å². The fourth-order valence-electron chi connectivity index (χ4n) is 2.15. The van der Waals surface area contributed by atoms with Crippen LogP contribution in [0.1, 0.15) is 23.7 Å². The summed E-state index contributed by atoms with van der Waals surface area (Å²) in [6.45, 7) is 0. The minimum atomic E-state index is -0.224. The maximum atomic E-state index is 13.6. The van der Waals surface area contributed by atoms with Crippen LogP contribution in [-0.2, 0) is 13.5 Å². The van der Waals surface area contributed by atoms with Gasteiger partial charge >= 0.3 is 0 Å². The van der Waals surface area contributed by atoms with Gasteiger partial charge in [-0.25, -0.2) is 4.39 Å². The maximum Gasteiger partial charge on any atom is 0.137 e. The van der Waals surface area contributed by atoms with Crippen molar-refractivity contribution in [2.75, 3.05) is 7.05 Å². The first-order valence-electron chi connectivity index (χ1n) is 6.21. The zero-order valence-corrected chi connectivity index (χ0v) is 12.6. The molecule has 3 nitrogen and oxygen atoms in total. The molecule has 1 N–H and O–H groups in total. The molecule has 0 saturated heterocycles. The van der Waals surface area contributed by atoms with Gasteiger partial charge in [0.05, 0.1) is 4.47 Å². The summed E-state index contributed by atoms with van der Waals surface area (Å²) < 4.78 is 15.9. The lowest BCUT2D eigenvalue weighted by Crippen LogP contribution is -2.18.